The lowest BCUT2D eigenvalue weighted by molar-refractivity contribution is 0.760. The first kappa shape index (κ1) is 30.7. The van der Waals surface area contributed by atoms with Crippen molar-refractivity contribution < 1.29 is 0 Å². The molecule has 1 aromatic heterocycles. The van der Waals surface area contributed by atoms with E-state index in [-0.39, 0.29) is 0 Å². The highest BCUT2D eigenvalue weighted by molar-refractivity contribution is 6.10. The Morgan fingerprint density at radius 3 is 2.00 bits per heavy atom. The summed E-state index contributed by atoms with van der Waals surface area (Å²) in [5, 5.41) is 2.56. The number of nitrogens with zero attached hydrogens (tertiary/aromatic N) is 2. The molecule has 1 aliphatic heterocycles. The van der Waals surface area contributed by atoms with Gasteiger partial charge in [-0.3, -0.25) is 0 Å². The second-order valence-corrected chi connectivity index (χ2v) is 13.0. The van der Waals surface area contributed by atoms with E-state index < -0.39 is 0 Å². The van der Waals surface area contributed by atoms with E-state index in [0.717, 1.165) is 25.0 Å². The molecule has 2 heteroatoms. The number of para-hydroxylation sites is 1. The monoisotopic (exact) mass is 634 g/mol. The molecule has 6 aromatic rings. The summed E-state index contributed by atoms with van der Waals surface area (Å²) in [5.41, 5.74) is 16.7. The molecule has 2 aliphatic carbocycles. The average Bonchev–Trinajstić information content (AvgIpc) is 3.68. The molecule has 1 unspecified atom stereocenters. The fourth-order valence-electron chi connectivity index (χ4n) is 8.02. The van der Waals surface area contributed by atoms with E-state index in [0.29, 0.717) is 5.92 Å². The van der Waals surface area contributed by atoms with Crippen molar-refractivity contribution in [1.29, 1.82) is 0 Å². The van der Waals surface area contributed by atoms with Gasteiger partial charge in [0.15, 0.2) is 0 Å². The van der Waals surface area contributed by atoms with E-state index in [2.05, 4.69) is 169 Å². The zero-order valence-electron chi connectivity index (χ0n) is 28.7. The van der Waals surface area contributed by atoms with Gasteiger partial charge in [0.2, 0.25) is 0 Å². The molecule has 2 nitrogen and oxygen atoms in total. The van der Waals surface area contributed by atoms with Gasteiger partial charge in [0.1, 0.15) is 0 Å². The average molecular weight is 635 g/mol. The Morgan fingerprint density at radius 2 is 1.31 bits per heavy atom. The first-order chi connectivity index (χ1) is 24.1. The summed E-state index contributed by atoms with van der Waals surface area (Å²) in [5.74, 6) is 0.328. The minimum Gasteiger partial charge on any atom is -0.317 e. The molecule has 5 aromatic carbocycles. The third-order valence-corrected chi connectivity index (χ3v) is 10.1. The predicted molar refractivity (Wildman–Crippen MR) is 211 cm³/mol. The highest BCUT2D eigenvalue weighted by Gasteiger charge is 2.38. The second-order valence-electron chi connectivity index (χ2n) is 13.0. The molecule has 0 radical (unpaired) electrons. The summed E-state index contributed by atoms with van der Waals surface area (Å²) in [7, 11) is 0. The van der Waals surface area contributed by atoms with Crippen LogP contribution < -0.4 is 4.90 Å². The molecule has 0 fully saturated rings. The van der Waals surface area contributed by atoms with Crippen LogP contribution in [0.2, 0.25) is 0 Å². The molecule has 0 bridgehead atoms. The lowest BCUT2D eigenvalue weighted by atomic mass is 9.83. The van der Waals surface area contributed by atoms with E-state index in [9.17, 15) is 0 Å². The summed E-state index contributed by atoms with van der Waals surface area (Å²) in [6.07, 6.45) is 12.7. The van der Waals surface area contributed by atoms with Crippen LogP contribution in [-0.4, -0.2) is 4.57 Å². The summed E-state index contributed by atoms with van der Waals surface area (Å²) >= 11 is 0. The van der Waals surface area contributed by atoms with Crippen LogP contribution in [0, 0.1) is 5.92 Å². The van der Waals surface area contributed by atoms with Crippen molar-refractivity contribution in [2.45, 2.75) is 40.0 Å². The van der Waals surface area contributed by atoms with Crippen LogP contribution in [0.5, 0.6) is 0 Å². The van der Waals surface area contributed by atoms with Crippen LogP contribution in [0.3, 0.4) is 0 Å². The van der Waals surface area contributed by atoms with Crippen molar-refractivity contribution in [3.63, 3.8) is 0 Å². The third-order valence-electron chi connectivity index (χ3n) is 10.1. The summed E-state index contributed by atoms with van der Waals surface area (Å²) in [6.45, 7) is 10.4. The first-order valence-electron chi connectivity index (χ1n) is 17.7. The highest BCUT2D eigenvalue weighted by atomic mass is 15.2. The smallest absolute Gasteiger partial charge is 0.0537 e. The van der Waals surface area contributed by atoms with Gasteiger partial charge in [-0.05, 0) is 108 Å². The standard InChI is InChI=1S/C45H36N2.C2H6/c1-30(2)46-42-19-11-9-17-38(42)40-28-33(21-23-44(40)46)34-22-24-45-41(29-34)39-18-10-12-20-43(39)47(45)37-26-35(31-13-5-3-6-14-31)25-36(27-37)32-15-7-4-8-16-32;1-2/h3-11,13-19,21-28,41H,1,12,20,29H2,2H3;1-2H3. The molecule has 0 spiro atoms. The maximum Gasteiger partial charge on any atom is 0.0537 e. The van der Waals surface area contributed by atoms with Gasteiger partial charge in [-0.25, -0.2) is 0 Å². The Balaban J connectivity index is 0.00000171. The van der Waals surface area contributed by atoms with Gasteiger partial charge < -0.3 is 9.47 Å². The summed E-state index contributed by atoms with van der Waals surface area (Å²) in [4.78, 5) is 2.58. The van der Waals surface area contributed by atoms with Gasteiger partial charge in [-0.15, -0.1) is 0 Å². The van der Waals surface area contributed by atoms with Gasteiger partial charge >= 0.3 is 0 Å². The summed E-state index contributed by atoms with van der Waals surface area (Å²) < 4.78 is 2.29. The number of fused-ring (bicyclic) bond motifs is 5. The Hall–Kier alpha value is -5.60. The number of aromatic nitrogens is 1. The SMILES string of the molecule is C=C(C)n1c2ccccc2c2cc(C3=CC=C4C(C3)C3=C(CCC=C3)N4c3cc(-c4ccccc4)cc(-c4ccccc4)c3)ccc21.CC. The van der Waals surface area contributed by atoms with Gasteiger partial charge in [-0.1, -0.05) is 124 Å². The predicted octanol–water partition coefficient (Wildman–Crippen LogP) is 13.1. The topological polar surface area (TPSA) is 8.17 Å². The van der Waals surface area contributed by atoms with Crippen molar-refractivity contribution in [3.05, 3.63) is 175 Å². The van der Waals surface area contributed by atoms with E-state index in [1.54, 1.807) is 0 Å². The fraction of sp³-hybridized carbons (Fsp3) is 0.149. The van der Waals surface area contributed by atoms with Crippen molar-refractivity contribution in [1.82, 2.24) is 4.57 Å². The van der Waals surface area contributed by atoms with Crippen LogP contribution in [0.4, 0.5) is 5.69 Å². The molecule has 0 saturated heterocycles. The van der Waals surface area contributed by atoms with Crippen LogP contribution in [0.25, 0.3) is 55.3 Å². The Morgan fingerprint density at radius 1 is 0.653 bits per heavy atom. The van der Waals surface area contributed by atoms with E-state index in [4.69, 9.17) is 0 Å². The quantitative estimate of drug-likeness (QED) is 0.183. The maximum absolute atomic E-state index is 4.29. The van der Waals surface area contributed by atoms with Crippen LogP contribution in [-0.2, 0) is 0 Å². The minimum atomic E-state index is 0.328. The van der Waals surface area contributed by atoms with E-state index in [1.807, 2.05) is 13.8 Å². The van der Waals surface area contributed by atoms with Gasteiger partial charge in [-0.2, -0.15) is 0 Å². The number of rotatable bonds is 5. The van der Waals surface area contributed by atoms with Crippen molar-refractivity contribution in [2.24, 2.45) is 5.92 Å². The van der Waals surface area contributed by atoms with E-state index >= 15 is 0 Å². The summed E-state index contributed by atoms with van der Waals surface area (Å²) in [6, 6.07) is 44.4. The largest absolute Gasteiger partial charge is 0.317 e. The lowest BCUT2D eigenvalue weighted by Crippen LogP contribution is -2.21. The minimum absolute atomic E-state index is 0.328. The third kappa shape index (κ3) is 5.29. The van der Waals surface area contributed by atoms with Gasteiger partial charge in [0.05, 0.1) is 11.0 Å². The Labute approximate surface area is 290 Å². The molecule has 3 aliphatic rings. The van der Waals surface area contributed by atoms with Crippen molar-refractivity contribution in [3.8, 4) is 22.3 Å². The molecule has 0 N–H and O–H groups in total. The fourth-order valence-corrected chi connectivity index (χ4v) is 8.02. The molecule has 9 rings (SSSR count). The zero-order valence-corrected chi connectivity index (χ0v) is 28.7. The Kier molecular flexibility index (Phi) is 8.01. The van der Waals surface area contributed by atoms with Gasteiger partial charge in [0.25, 0.3) is 0 Å². The lowest BCUT2D eigenvalue weighted by Gasteiger charge is -2.29. The molecule has 0 saturated carbocycles. The highest BCUT2D eigenvalue weighted by Crippen LogP contribution is 2.51. The zero-order chi connectivity index (χ0) is 33.5. The molecule has 49 heavy (non-hydrogen) atoms. The number of anilines is 1. The number of allylic oxidation sites excluding steroid dienone is 8. The Bertz CT molecular complexity index is 2290. The van der Waals surface area contributed by atoms with E-state index in [1.165, 1.54) is 77.9 Å². The number of hydrogen-bond acceptors (Lipinski definition) is 1. The molecule has 1 atom stereocenters. The molecule has 0 amide bonds. The maximum atomic E-state index is 4.29. The number of benzene rings is 5. The normalized spacial score (nSPS) is 16.6. The molecular formula is C47H42N2. The van der Waals surface area contributed by atoms with Crippen LogP contribution >= 0.6 is 0 Å². The van der Waals surface area contributed by atoms with Crippen molar-refractivity contribution >= 4 is 38.8 Å². The molecule has 2 heterocycles. The number of hydrogen-bond donors (Lipinski definition) is 0. The van der Waals surface area contributed by atoms with Gasteiger partial charge in [0, 0.05) is 39.5 Å². The van der Waals surface area contributed by atoms with Crippen LogP contribution in [0.1, 0.15) is 45.6 Å². The second kappa shape index (κ2) is 12.8. The van der Waals surface area contributed by atoms with Crippen LogP contribution in [0.15, 0.2) is 169 Å². The molecule has 240 valence electrons. The van der Waals surface area contributed by atoms with Crippen molar-refractivity contribution in [2.75, 3.05) is 4.90 Å². The first-order valence-corrected chi connectivity index (χ1v) is 17.7. The molecular weight excluding hydrogens is 593 g/mol.